The van der Waals surface area contributed by atoms with Gasteiger partial charge in [-0.05, 0) is 49.4 Å². The van der Waals surface area contributed by atoms with Gasteiger partial charge in [0.15, 0.2) is 0 Å². The van der Waals surface area contributed by atoms with E-state index >= 15 is 0 Å². The van der Waals surface area contributed by atoms with Gasteiger partial charge in [-0.15, -0.1) is 0 Å². The van der Waals surface area contributed by atoms with Crippen LogP contribution in [0.15, 0.2) is 24.3 Å². The molecular weight excluding hydrogens is 236 g/mol. The van der Waals surface area contributed by atoms with Crippen LogP contribution in [0.25, 0.3) is 0 Å². The van der Waals surface area contributed by atoms with Crippen molar-refractivity contribution in [3.63, 3.8) is 0 Å². The van der Waals surface area contributed by atoms with Crippen LogP contribution in [0.5, 0.6) is 0 Å². The summed E-state index contributed by atoms with van der Waals surface area (Å²) in [6.07, 6.45) is 4.01. The smallest absolute Gasteiger partial charge is 0.221 e. The number of amides is 1. The zero-order chi connectivity index (χ0) is 13.7. The minimum Gasteiger partial charge on any atom is -0.326 e. The SMILES string of the molecule is CCCN(Cc1ccc(NC(C)=O)cc1)CC1CC1. The minimum atomic E-state index is -0.0194. The van der Waals surface area contributed by atoms with Gasteiger partial charge in [0.1, 0.15) is 0 Å². The monoisotopic (exact) mass is 260 g/mol. The fraction of sp³-hybridized carbons (Fsp3) is 0.562. The number of benzene rings is 1. The first-order valence-corrected chi connectivity index (χ1v) is 7.26. The first kappa shape index (κ1) is 14.1. The highest BCUT2D eigenvalue weighted by molar-refractivity contribution is 5.88. The predicted molar refractivity (Wildman–Crippen MR) is 79.0 cm³/mol. The third kappa shape index (κ3) is 5.03. The zero-order valence-corrected chi connectivity index (χ0v) is 12.0. The molecule has 1 aromatic carbocycles. The summed E-state index contributed by atoms with van der Waals surface area (Å²) in [6.45, 7) is 7.20. The Balaban J connectivity index is 1.90. The summed E-state index contributed by atoms with van der Waals surface area (Å²) in [4.78, 5) is 13.5. The first-order valence-electron chi connectivity index (χ1n) is 7.26. The van der Waals surface area contributed by atoms with Gasteiger partial charge in [-0.2, -0.15) is 0 Å². The summed E-state index contributed by atoms with van der Waals surface area (Å²) in [6, 6.07) is 8.19. The molecule has 0 bridgehead atoms. The Labute approximate surface area is 116 Å². The Morgan fingerprint density at radius 1 is 1.32 bits per heavy atom. The van der Waals surface area contributed by atoms with E-state index in [1.54, 1.807) is 0 Å². The highest BCUT2D eigenvalue weighted by atomic mass is 16.1. The summed E-state index contributed by atoms with van der Waals surface area (Å²) in [5.41, 5.74) is 2.20. The average Bonchev–Trinajstić information content (AvgIpc) is 3.15. The summed E-state index contributed by atoms with van der Waals surface area (Å²) in [5.74, 6) is 0.916. The van der Waals surface area contributed by atoms with E-state index in [0.29, 0.717) is 0 Å². The maximum atomic E-state index is 11.0. The quantitative estimate of drug-likeness (QED) is 0.816. The van der Waals surface area contributed by atoms with Gasteiger partial charge in [0.2, 0.25) is 5.91 Å². The topological polar surface area (TPSA) is 32.3 Å². The Kier molecular flexibility index (Phi) is 4.97. The van der Waals surface area contributed by atoms with E-state index in [1.165, 1.54) is 44.8 Å². The van der Waals surface area contributed by atoms with Crippen LogP contribution in [0.2, 0.25) is 0 Å². The van der Waals surface area contributed by atoms with Crippen molar-refractivity contribution in [3.05, 3.63) is 29.8 Å². The molecule has 1 saturated carbocycles. The van der Waals surface area contributed by atoms with Crippen molar-refractivity contribution >= 4 is 11.6 Å². The average molecular weight is 260 g/mol. The second kappa shape index (κ2) is 6.71. The second-order valence-electron chi connectivity index (χ2n) is 5.56. The molecule has 0 radical (unpaired) electrons. The fourth-order valence-electron chi connectivity index (χ4n) is 2.37. The number of nitrogens with zero attached hydrogens (tertiary/aromatic N) is 1. The molecule has 1 aliphatic rings. The molecule has 1 aliphatic carbocycles. The number of carbonyl (C=O) groups excluding carboxylic acids is 1. The molecule has 0 saturated heterocycles. The normalized spacial score (nSPS) is 14.7. The number of hydrogen-bond acceptors (Lipinski definition) is 2. The lowest BCUT2D eigenvalue weighted by Crippen LogP contribution is -2.26. The lowest BCUT2D eigenvalue weighted by atomic mass is 10.2. The highest BCUT2D eigenvalue weighted by Gasteiger charge is 2.23. The summed E-state index contributed by atoms with van der Waals surface area (Å²) in [7, 11) is 0. The van der Waals surface area contributed by atoms with Gasteiger partial charge in [0.25, 0.3) is 0 Å². The van der Waals surface area contributed by atoms with Gasteiger partial charge in [-0.1, -0.05) is 19.1 Å². The summed E-state index contributed by atoms with van der Waals surface area (Å²) >= 11 is 0. The molecule has 0 spiro atoms. The molecule has 3 nitrogen and oxygen atoms in total. The third-order valence-electron chi connectivity index (χ3n) is 3.43. The molecule has 0 heterocycles. The van der Waals surface area contributed by atoms with E-state index in [0.717, 1.165) is 18.2 Å². The molecule has 1 fully saturated rings. The van der Waals surface area contributed by atoms with Crippen LogP contribution in [-0.4, -0.2) is 23.9 Å². The molecule has 2 rings (SSSR count). The van der Waals surface area contributed by atoms with Gasteiger partial charge < -0.3 is 5.32 Å². The lowest BCUT2D eigenvalue weighted by molar-refractivity contribution is -0.114. The predicted octanol–water partition coefficient (Wildman–Crippen LogP) is 3.27. The molecule has 0 atom stereocenters. The van der Waals surface area contributed by atoms with Crippen LogP contribution in [0, 0.1) is 5.92 Å². The summed E-state index contributed by atoms with van der Waals surface area (Å²) in [5, 5.41) is 2.80. The molecule has 0 unspecified atom stereocenters. The first-order chi connectivity index (χ1) is 9.17. The van der Waals surface area contributed by atoms with Crippen LogP contribution in [0.4, 0.5) is 5.69 Å². The van der Waals surface area contributed by atoms with Crippen molar-refractivity contribution in [3.8, 4) is 0 Å². The van der Waals surface area contributed by atoms with E-state index < -0.39 is 0 Å². The zero-order valence-electron chi connectivity index (χ0n) is 12.0. The number of rotatable bonds is 7. The molecular formula is C16H24N2O. The van der Waals surface area contributed by atoms with Crippen LogP contribution in [-0.2, 0) is 11.3 Å². The van der Waals surface area contributed by atoms with E-state index in [9.17, 15) is 4.79 Å². The van der Waals surface area contributed by atoms with Crippen molar-refractivity contribution in [1.29, 1.82) is 0 Å². The Bertz CT molecular complexity index is 409. The van der Waals surface area contributed by atoms with Crippen molar-refractivity contribution in [2.45, 2.75) is 39.7 Å². The van der Waals surface area contributed by atoms with E-state index in [4.69, 9.17) is 0 Å². The molecule has 1 aromatic rings. The molecule has 1 N–H and O–H groups in total. The van der Waals surface area contributed by atoms with E-state index in [2.05, 4.69) is 29.3 Å². The van der Waals surface area contributed by atoms with Gasteiger partial charge >= 0.3 is 0 Å². The van der Waals surface area contributed by atoms with E-state index in [1.807, 2.05) is 12.1 Å². The van der Waals surface area contributed by atoms with Crippen molar-refractivity contribution in [2.24, 2.45) is 5.92 Å². The van der Waals surface area contributed by atoms with Crippen molar-refractivity contribution in [2.75, 3.05) is 18.4 Å². The molecule has 1 amide bonds. The van der Waals surface area contributed by atoms with Crippen LogP contribution in [0.3, 0.4) is 0 Å². The van der Waals surface area contributed by atoms with Gasteiger partial charge in [0, 0.05) is 25.7 Å². The van der Waals surface area contributed by atoms with Crippen LogP contribution >= 0.6 is 0 Å². The molecule has 3 heteroatoms. The third-order valence-corrected chi connectivity index (χ3v) is 3.43. The van der Waals surface area contributed by atoms with Crippen LogP contribution in [0.1, 0.15) is 38.7 Å². The van der Waals surface area contributed by atoms with Crippen molar-refractivity contribution < 1.29 is 4.79 Å². The van der Waals surface area contributed by atoms with Gasteiger partial charge in [-0.25, -0.2) is 0 Å². The lowest BCUT2D eigenvalue weighted by Gasteiger charge is -2.21. The van der Waals surface area contributed by atoms with Gasteiger partial charge in [-0.3, -0.25) is 9.69 Å². The largest absolute Gasteiger partial charge is 0.326 e. The van der Waals surface area contributed by atoms with Crippen molar-refractivity contribution in [1.82, 2.24) is 4.90 Å². The second-order valence-corrected chi connectivity index (χ2v) is 5.56. The number of hydrogen-bond donors (Lipinski definition) is 1. The molecule has 19 heavy (non-hydrogen) atoms. The van der Waals surface area contributed by atoms with E-state index in [-0.39, 0.29) is 5.91 Å². The highest BCUT2D eigenvalue weighted by Crippen LogP contribution is 2.30. The minimum absolute atomic E-state index is 0.0194. The van der Waals surface area contributed by atoms with Gasteiger partial charge in [0.05, 0.1) is 0 Å². The Morgan fingerprint density at radius 2 is 2.00 bits per heavy atom. The number of anilines is 1. The standard InChI is InChI=1S/C16H24N2O/c1-3-10-18(11-14-4-5-14)12-15-6-8-16(9-7-15)17-13(2)19/h6-9,14H,3-5,10-12H2,1-2H3,(H,17,19). The Morgan fingerprint density at radius 3 is 2.53 bits per heavy atom. The summed E-state index contributed by atoms with van der Waals surface area (Å²) < 4.78 is 0. The Hall–Kier alpha value is -1.35. The molecule has 0 aliphatic heterocycles. The number of nitrogens with one attached hydrogen (secondary N) is 1. The molecule has 104 valence electrons. The maximum Gasteiger partial charge on any atom is 0.221 e. The van der Waals surface area contributed by atoms with Crippen LogP contribution < -0.4 is 5.32 Å². The maximum absolute atomic E-state index is 11.0. The number of carbonyl (C=O) groups is 1. The fourth-order valence-corrected chi connectivity index (χ4v) is 2.37. The molecule has 0 aromatic heterocycles.